The number of benzene rings is 2. The Morgan fingerprint density at radius 2 is 1.92 bits per heavy atom. The SMILES string of the molecule is N#C/C(=C/c1ccc(O)c2ncccc12)C(=O)Nc1ccccc1. The number of aromatic hydroxyl groups is 1. The molecule has 0 unspecified atom stereocenters. The molecule has 0 bridgehead atoms. The zero-order valence-electron chi connectivity index (χ0n) is 12.6. The normalized spacial score (nSPS) is 11.0. The van der Waals surface area contributed by atoms with Crippen LogP contribution in [0.4, 0.5) is 5.69 Å². The molecule has 0 aliphatic rings. The van der Waals surface area contributed by atoms with Crippen molar-refractivity contribution in [2.75, 3.05) is 5.32 Å². The molecule has 1 amide bonds. The van der Waals surface area contributed by atoms with Gasteiger partial charge >= 0.3 is 0 Å². The van der Waals surface area contributed by atoms with Crippen molar-refractivity contribution in [3.05, 3.63) is 71.9 Å². The zero-order chi connectivity index (χ0) is 16.9. The lowest BCUT2D eigenvalue weighted by atomic mass is 10.0. The van der Waals surface area contributed by atoms with E-state index >= 15 is 0 Å². The van der Waals surface area contributed by atoms with Gasteiger partial charge in [0.15, 0.2) is 0 Å². The number of phenols is 1. The average molecular weight is 315 g/mol. The van der Waals surface area contributed by atoms with Gasteiger partial charge in [0, 0.05) is 17.3 Å². The highest BCUT2D eigenvalue weighted by atomic mass is 16.3. The Balaban J connectivity index is 1.98. The minimum atomic E-state index is -0.492. The summed E-state index contributed by atoms with van der Waals surface area (Å²) in [5, 5.41) is 22.5. The Labute approximate surface area is 138 Å². The number of rotatable bonds is 3. The third-order valence-electron chi connectivity index (χ3n) is 3.48. The molecule has 0 spiro atoms. The first-order valence-corrected chi connectivity index (χ1v) is 7.24. The van der Waals surface area contributed by atoms with Crippen molar-refractivity contribution in [1.82, 2.24) is 4.98 Å². The summed E-state index contributed by atoms with van der Waals surface area (Å²) < 4.78 is 0. The fraction of sp³-hybridized carbons (Fsp3) is 0. The highest BCUT2D eigenvalue weighted by molar-refractivity contribution is 6.10. The van der Waals surface area contributed by atoms with E-state index in [9.17, 15) is 15.2 Å². The third kappa shape index (κ3) is 3.08. The highest BCUT2D eigenvalue weighted by Crippen LogP contribution is 2.27. The topological polar surface area (TPSA) is 86.0 Å². The number of hydrogen-bond donors (Lipinski definition) is 2. The molecule has 1 aromatic heterocycles. The van der Waals surface area contributed by atoms with E-state index in [-0.39, 0.29) is 11.3 Å². The van der Waals surface area contributed by atoms with E-state index in [1.165, 1.54) is 12.1 Å². The second kappa shape index (κ2) is 6.63. The standard InChI is InChI=1S/C19H13N3O2/c20-12-14(19(24)22-15-5-2-1-3-6-15)11-13-8-9-17(23)18-16(13)7-4-10-21-18/h1-11,23H,(H,22,24)/b14-11-. The summed E-state index contributed by atoms with van der Waals surface area (Å²) >= 11 is 0. The minimum Gasteiger partial charge on any atom is -0.506 e. The summed E-state index contributed by atoms with van der Waals surface area (Å²) in [4.78, 5) is 16.4. The number of anilines is 1. The number of phenolic OH excluding ortho intramolecular Hbond substituents is 1. The molecule has 0 atom stereocenters. The first-order chi connectivity index (χ1) is 11.7. The molecule has 116 valence electrons. The van der Waals surface area contributed by atoms with Crippen LogP contribution in [0.15, 0.2) is 66.4 Å². The van der Waals surface area contributed by atoms with Gasteiger partial charge < -0.3 is 10.4 Å². The van der Waals surface area contributed by atoms with Gasteiger partial charge in [0.05, 0.1) is 0 Å². The van der Waals surface area contributed by atoms with Crippen molar-refractivity contribution >= 4 is 28.6 Å². The summed E-state index contributed by atoms with van der Waals surface area (Å²) in [5.74, 6) is -0.441. The number of para-hydroxylation sites is 1. The van der Waals surface area contributed by atoms with E-state index in [0.717, 1.165) is 0 Å². The van der Waals surface area contributed by atoms with E-state index in [4.69, 9.17) is 0 Å². The molecule has 0 radical (unpaired) electrons. The number of carbonyl (C=O) groups is 1. The Bertz CT molecular complexity index is 973. The number of nitrogens with zero attached hydrogens (tertiary/aromatic N) is 2. The van der Waals surface area contributed by atoms with E-state index in [1.807, 2.05) is 12.1 Å². The van der Waals surface area contributed by atoms with E-state index in [2.05, 4.69) is 10.3 Å². The van der Waals surface area contributed by atoms with Gasteiger partial charge in [-0.05, 0) is 35.9 Å². The third-order valence-corrected chi connectivity index (χ3v) is 3.48. The number of aromatic nitrogens is 1. The lowest BCUT2D eigenvalue weighted by Gasteiger charge is -2.06. The zero-order valence-corrected chi connectivity index (χ0v) is 12.6. The highest BCUT2D eigenvalue weighted by Gasteiger charge is 2.11. The van der Waals surface area contributed by atoms with Crippen LogP contribution in [0.5, 0.6) is 5.75 Å². The van der Waals surface area contributed by atoms with Crippen LogP contribution < -0.4 is 5.32 Å². The van der Waals surface area contributed by atoms with Crippen LogP contribution in [0.25, 0.3) is 17.0 Å². The van der Waals surface area contributed by atoms with Gasteiger partial charge in [0.1, 0.15) is 22.9 Å². The molecule has 5 heteroatoms. The molecule has 0 saturated carbocycles. The molecule has 2 N–H and O–H groups in total. The Hall–Kier alpha value is -3.65. The predicted molar refractivity (Wildman–Crippen MR) is 92.1 cm³/mol. The Morgan fingerprint density at radius 1 is 1.12 bits per heavy atom. The van der Waals surface area contributed by atoms with Gasteiger partial charge in [0.25, 0.3) is 5.91 Å². The maximum Gasteiger partial charge on any atom is 0.266 e. The van der Waals surface area contributed by atoms with E-state index in [1.54, 1.807) is 48.7 Å². The Morgan fingerprint density at radius 3 is 2.67 bits per heavy atom. The molecule has 3 aromatic rings. The fourth-order valence-corrected chi connectivity index (χ4v) is 2.33. The number of hydrogen-bond acceptors (Lipinski definition) is 4. The second-order valence-electron chi connectivity index (χ2n) is 5.06. The van der Waals surface area contributed by atoms with Crippen LogP contribution in [-0.2, 0) is 4.79 Å². The number of amides is 1. The number of pyridine rings is 1. The molecule has 1 heterocycles. The first-order valence-electron chi connectivity index (χ1n) is 7.24. The quantitative estimate of drug-likeness (QED) is 0.572. The van der Waals surface area contributed by atoms with Crippen LogP contribution in [-0.4, -0.2) is 16.0 Å². The largest absolute Gasteiger partial charge is 0.506 e. The molecule has 2 aromatic carbocycles. The van der Waals surface area contributed by atoms with Crippen molar-refractivity contribution in [1.29, 1.82) is 5.26 Å². The molecular formula is C19H13N3O2. The molecule has 0 saturated heterocycles. The molecule has 3 rings (SSSR count). The van der Waals surface area contributed by atoms with Crippen LogP contribution in [0.2, 0.25) is 0 Å². The van der Waals surface area contributed by atoms with Gasteiger partial charge in [-0.2, -0.15) is 5.26 Å². The monoisotopic (exact) mass is 315 g/mol. The predicted octanol–water partition coefficient (Wildman–Crippen LogP) is 3.49. The molecular weight excluding hydrogens is 302 g/mol. The lowest BCUT2D eigenvalue weighted by Crippen LogP contribution is -2.13. The van der Waals surface area contributed by atoms with E-state index in [0.29, 0.717) is 22.2 Å². The molecule has 24 heavy (non-hydrogen) atoms. The number of fused-ring (bicyclic) bond motifs is 1. The van der Waals surface area contributed by atoms with Crippen molar-refractivity contribution in [2.45, 2.75) is 0 Å². The maximum atomic E-state index is 12.3. The van der Waals surface area contributed by atoms with Gasteiger partial charge in [-0.25, -0.2) is 0 Å². The van der Waals surface area contributed by atoms with Crippen LogP contribution in [0, 0.1) is 11.3 Å². The summed E-state index contributed by atoms with van der Waals surface area (Å²) in [5.41, 5.74) is 1.64. The Kier molecular flexibility index (Phi) is 4.21. The van der Waals surface area contributed by atoms with E-state index < -0.39 is 5.91 Å². The summed E-state index contributed by atoms with van der Waals surface area (Å²) in [6, 6.07) is 17.5. The van der Waals surface area contributed by atoms with Crippen molar-refractivity contribution in [3.8, 4) is 11.8 Å². The van der Waals surface area contributed by atoms with Crippen molar-refractivity contribution in [3.63, 3.8) is 0 Å². The van der Waals surface area contributed by atoms with Crippen LogP contribution in [0.1, 0.15) is 5.56 Å². The average Bonchev–Trinajstić information content (AvgIpc) is 2.62. The smallest absolute Gasteiger partial charge is 0.266 e. The molecule has 0 fully saturated rings. The summed E-state index contributed by atoms with van der Waals surface area (Å²) in [6.07, 6.45) is 3.06. The molecule has 5 nitrogen and oxygen atoms in total. The second-order valence-corrected chi connectivity index (χ2v) is 5.06. The van der Waals surface area contributed by atoms with Crippen molar-refractivity contribution < 1.29 is 9.90 Å². The molecule has 0 aliphatic carbocycles. The number of carbonyl (C=O) groups excluding carboxylic acids is 1. The number of nitrogens with one attached hydrogen (secondary N) is 1. The van der Waals surface area contributed by atoms with Gasteiger partial charge in [-0.3, -0.25) is 9.78 Å². The van der Waals surface area contributed by atoms with Gasteiger partial charge in [0.2, 0.25) is 0 Å². The summed E-state index contributed by atoms with van der Waals surface area (Å²) in [7, 11) is 0. The van der Waals surface area contributed by atoms with Crippen molar-refractivity contribution in [2.24, 2.45) is 0 Å². The first kappa shape index (κ1) is 15.3. The van der Waals surface area contributed by atoms with Gasteiger partial charge in [-0.1, -0.05) is 30.3 Å². The summed E-state index contributed by atoms with van der Waals surface area (Å²) in [6.45, 7) is 0. The fourth-order valence-electron chi connectivity index (χ4n) is 2.33. The molecule has 0 aliphatic heterocycles. The lowest BCUT2D eigenvalue weighted by molar-refractivity contribution is -0.112. The van der Waals surface area contributed by atoms with Crippen LogP contribution >= 0.6 is 0 Å². The minimum absolute atomic E-state index is 0.0327. The van der Waals surface area contributed by atoms with Gasteiger partial charge in [-0.15, -0.1) is 0 Å². The maximum absolute atomic E-state index is 12.3. The number of nitriles is 1. The van der Waals surface area contributed by atoms with Crippen LogP contribution in [0.3, 0.4) is 0 Å².